The number of benzene rings is 2. The van der Waals surface area contributed by atoms with Gasteiger partial charge in [0.25, 0.3) is 0 Å². The van der Waals surface area contributed by atoms with Gasteiger partial charge in [0.2, 0.25) is 0 Å². The zero-order chi connectivity index (χ0) is 19.5. The number of nitrogens with one attached hydrogen (secondary N) is 1. The van der Waals surface area contributed by atoms with Gasteiger partial charge in [-0.3, -0.25) is 0 Å². The molecular formula is C21H22ClN5O. The third-order valence-electron chi connectivity index (χ3n) is 5.06. The monoisotopic (exact) mass is 395 g/mol. The second-order valence-corrected chi connectivity index (χ2v) is 7.36. The Labute approximate surface area is 169 Å². The molecule has 0 aliphatic carbocycles. The van der Waals surface area contributed by atoms with E-state index in [0.717, 1.165) is 27.8 Å². The van der Waals surface area contributed by atoms with Crippen LogP contribution in [0.3, 0.4) is 0 Å². The Morgan fingerprint density at radius 1 is 1.11 bits per heavy atom. The lowest BCUT2D eigenvalue weighted by Crippen LogP contribution is -2.45. The van der Waals surface area contributed by atoms with Crippen LogP contribution in [0.5, 0.6) is 0 Å². The molecule has 0 bridgehead atoms. The zero-order valence-electron chi connectivity index (χ0n) is 15.7. The number of hydrogen-bond acceptors (Lipinski definition) is 3. The van der Waals surface area contributed by atoms with Crippen LogP contribution in [0.15, 0.2) is 54.6 Å². The molecule has 4 rings (SSSR count). The first-order valence-corrected chi connectivity index (χ1v) is 9.74. The van der Waals surface area contributed by atoms with Crippen LogP contribution in [-0.4, -0.2) is 32.2 Å². The summed E-state index contributed by atoms with van der Waals surface area (Å²) < 4.78 is 2.09. The third-order valence-corrected chi connectivity index (χ3v) is 5.43. The molecule has 2 amide bonds. The van der Waals surface area contributed by atoms with Crippen molar-refractivity contribution in [2.45, 2.75) is 32.5 Å². The number of nitrogens with zero attached hydrogens (tertiary/aromatic N) is 4. The van der Waals surface area contributed by atoms with Crippen molar-refractivity contribution in [3.05, 3.63) is 82.4 Å². The molecule has 0 saturated carbocycles. The first-order chi connectivity index (χ1) is 13.6. The number of carbonyl (C=O) groups excluding carboxylic acids is 1. The van der Waals surface area contributed by atoms with Crippen LogP contribution in [0.25, 0.3) is 0 Å². The maximum atomic E-state index is 12.7. The highest BCUT2D eigenvalue weighted by atomic mass is 35.5. The van der Waals surface area contributed by atoms with Crippen molar-refractivity contribution in [1.82, 2.24) is 25.0 Å². The van der Waals surface area contributed by atoms with E-state index < -0.39 is 0 Å². The molecule has 2 aromatic carbocycles. The molecule has 0 radical (unpaired) electrons. The van der Waals surface area contributed by atoms with Gasteiger partial charge in [0, 0.05) is 24.5 Å². The van der Waals surface area contributed by atoms with E-state index >= 15 is 0 Å². The van der Waals surface area contributed by atoms with Crippen molar-refractivity contribution in [1.29, 1.82) is 0 Å². The average molecular weight is 396 g/mol. The normalized spacial score (nSPS) is 14.4. The second-order valence-electron chi connectivity index (χ2n) is 6.96. The Morgan fingerprint density at radius 2 is 1.86 bits per heavy atom. The lowest BCUT2D eigenvalue weighted by atomic mass is 10.1. The van der Waals surface area contributed by atoms with Crippen LogP contribution in [0.1, 0.15) is 35.7 Å². The molecule has 7 heteroatoms. The highest BCUT2D eigenvalue weighted by molar-refractivity contribution is 6.31. The molecule has 0 fully saturated rings. The van der Waals surface area contributed by atoms with E-state index in [1.807, 2.05) is 61.5 Å². The lowest BCUT2D eigenvalue weighted by Gasteiger charge is -2.29. The largest absolute Gasteiger partial charge is 0.331 e. The Hall–Kier alpha value is -2.86. The Kier molecular flexibility index (Phi) is 5.30. The first-order valence-electron chi connectivity index (χ1n) is 9.36. The van der Waals surface area contributed by atoms with Gasteiger partial charge >= 0.3 is 6.03 Å². The Bertz CT molecular complexity index is 972. The minimum Gasteiger partial charge on any atom is -0.331 e. The molecule has 1 aliphatic rings. The summed E-state index contributed by atoms with van der Waals surface area (Å²) in [6.45, 7) is 3.73. The Morgan fingerprint density at radius 3 is 2.64 bits per heavy atom. The molecule has 2 heterocycles. The van der Waals surface area contributed by atoms with Gasteiger partial charge in [-0.25, -0.2) is 4.79 Å². The fourth-order valence-electron chi connectivity index (χ4n) is 3.44. The second kappa shape index (κ2) is 8.02. The minimum absolute atomic E-state index is 0.0516. The molecule has 0 saturated heterocycles. The van der Waals surface area contributed by atoms with Gasteiger partial charge in [-0.05, 0) is 24.1 Å². The summed E-state index contributed by atoms with van der Waals surface area (Å²) >= 11 is 6.27. The van der Waals surface area contributed by atoms with E-state index in [0.29, 0.717) is 26.1 Å². The molecule has 3 aromatic rings. The predicted molar refractivity (Wildman–Crippen MR) is 108 cm³/mol. The van der Waals surface area contributed by atoms with E-state index in [2.05, 4.69) is 20.1 Å². The topological polar surface area (TPSA) is 63.1 Å². The SMILES string of the molecule is CC(NC(=O)N1CCn2c(Cc3ccccc3Cl)nnc2C1)c1ccccc1. The number of rotatable bonds is 4. The molecule has 28 heavy (non-hydrogen) atoms. The molecule has 1 N–H and O–H groups in total. The van der Waals surface area contributed by atoms with Crippen LogP contribution in [0.4, 0.5) is 4.79 Å². The summed E-state index contributed by atoms with van der Waals surface area (Å²) in [5.41, 5.74) is 2.11. The summed E-state index contributed by atoms with van der Waals surface area (Å²) in [6, 6.07) is 17.6. The minimum atomic E-state index is -0.0849. The summed E-state index contributed by atoms with van der Waals surface area (Å²) in [5.74, 6) is 1.68. The summed E-state index contributed by atoms with van der Waals surface area (Å²) in [5, 5.41) is 12.4. The fraction of sp³-hybridized carbons (Fsp3) is 0.286. The third kappa shape index (κ3) is 3.87. The van der Waals surface area contributed by atoms with Crippen LogP contribution in [0.2, 0.25) is 5.02 Å². The molecule has 144 valence electrons. The number of fused-ring (bicyclic) bond motifs is 1. The van der Waals surface area contributed by atoms with Crippen molar-refractivity contribution in [2.24, 2.45) is 0 Å². The molecule has 1 aromatic heterocycles. The molecule has 0 spiro atoms. The van der Waals surface area contributed by atoms with Crippen LogP contribution < -0.4 is 5.32 Å². The standard InChI is InChI=1S/C21H22ClN5O/c1-15(16-7-3-2-4-8-16)23-21(28)26-11-12-27-19(24-25-20(27)14-26)13-17-9-5-6-10-18(17)22/h2-10,15H,11-14H2,1H3,(H,23,28). The number of urea groups is 1. The quantitative estimate of drug-likeness (QED) is 0.730. The summed E-state index contributed by atoms with van der Waals surface area (Å²) in [7, 11) is 0. The molecule has 6 nitrogen and oxygen atoms in total. The smallest absolute Gasteiger partial charge is 0.318 e. The number of aromatic nitrogens is 3. The van der Waals surface area contributed by atoms with Crippen LogP contribution in [-0.2, 0) is 19.5 Å². The van der Waals surface area contributed by atoms with E-state index in [-0.39, 0.29) is 12.1 Å². The molecular weight excluding hydrogens is 374 g/mol. The highest BCUT2D eigenvalue weighted by Gasteiger charge is 2.25. The number of amides is 2. The van der Waals surface area contributed by atoms with Gasteiger partial charge in [0.1, 0.15) is 5.82 Å². The van der Waals surface area contributed by atoms with Gasteiger partial charge in [-0.1, -0.05) is 60.1 Å². The van der Waals surface area contributed by atoms with Gasteiger partial charge in [-0.15, -0.1) is 10.2 Å². The van der Waals surface area contributed by atoms with E-state index in [1.54, 1.807) is 4.90 Å². The maximum absolute atomic E-state index is 12.7. The van der Waals surface area contributed by atoms with E-state index in [4.69, 9.17) is 11.6 Å². The molecule has 1 aliphatic heterocycles. The average Bonchev–Trinajstić information content (AvgIpc) is 3.12. The zero-order valence-corrected chi connectivity index (χ0v) is 16.4. The van der Waals surface area contributed by atoms with Crippen LogP contribution >= 0.6 is 11.6 Å². The van der Waals surface area contributed by atoms with Crippen molar-refractivity contribution >= 4 is 17.6 Å². The van der Waals surface area contributed by atoms with Crippen molar-refractivity contribution in [2.75, 3.05) is 6.54 Å². The van der Waals surface area contributed by atoms with Crippen molar-refractivity contribution in [3.8, 4) is 0 Å². The van der Waals surface area contributed by atoms with Gasteiger partial charge < -0.3 is 14.8 Å². The van der Waals surface area contributed by atoms with Gasteiger partial charge in [-0.2, -0.15) is 0 Å². The van der Waals surface area contributed by atoms with Crippen LogP contribution in [0, 0.1) is 0 Å². The lowest BCUT2D eigenvalue weighted by molar-refractivity contribution is 0.178. The van der Waals surface area contributed by atoms with Crippen molar-refractivity contribution in [3.63, 3.8) is 0 Å². The molecule has 1 unspecified atom stereocenters. The van der Waals surface area contributed by atoms with Crippen molar-refractivity contribution < 1.29 is 4.79 Å². The number of hydrogen-bond donors (Lipinski definition) is 1. The fourth-order valence-corrected chi connectivity index (χ4v) is 3.64. The predicted octanol–water partition coefficient (Wildman–Crippen LogP) is 3.81. The first kappa shape index (κ1) is 18.5. The number of carbonyl (C=O) groups is 1. The van der Waals surface area contributed by atoms with E-state index in [1.165, 1.54) is 0 Å². The highest BCUT2D eigenvalue weighted by Crippen LogP contribution is 2.21. The number of halogens is 1. The maximum Gasteiger partial charge on any atom is 0.318 e. The summed E-state index contributed by atoms with van der Waals surface area (Å²) in [4.78, 5) is 14.5. The molecule has 1 atom stereocenters. The van der Waals surface area contributed by atoms with E-state index in [9.17, 15) is 4.79 Å². The summed E-state index contributed by atoms with van der Waals surface area (Å²) in [6.07, 6.45) is 0.629. The van der Waals surface area contributed by atoms with Gasteiger partial charge in [0.15, 0.2) is 5.82 Å². The Balaban J connectivity index is 1.42. The van der Waals surface area contributed by atoms with Gasteiger partial charge in [0.05, 0.1) is 12.6 Å².